The van der Waals surface area contributed by atoms with Crippen LogP contribution < -0.4 is 11.3 Å². The van der Waals surface area contributed by atoms with Crippen molar-refractivity contribution in [1.82, 2.24) is 24.1 Å². The molecule has 0 atom stereocenters. The maximum absolute atomic E-state index is 12.9. The third-order valence-electron chi connectivity index (χ3n) is 4.11. The first kappa shape index (κ1) is 15.3. The molecule has 25 heavy (non-hydrogen) atoms. The van der Waals surface area contributed by atoms with E-state index in [0.29, 0.717) is 33.5 Å². The molecule has 0 spiro atoms. The number of hydrogen-bond acceptors (Lipinski definition) is 4. The molecule has 4 aromatic rings. The molecule has 4 rings (SSSR count). The second-order valence-electron chi connectivity index (χ2n) is 5.73. The highest BCUT2D eigenvalue weighted by Crippen LogP contribution is 2.28. The van der Waals surface area contributed by atoms with Crippen molar-refractivity contribution in [1.29, 1.82) is 0 Å². The molecule has 3 heterocycles. The summed E-state index contributed by atoms with van der Waals surface area (Å²) in [5.41, 5.74) is 8.08. The number of anilines is 1. The van der Waals surface area contributed by atoms with E-state index in [1.807, 2.05) is 0 Å². The van der Waals surface area contributed by atoms with E-state index in [2.05, 4.69) is 15.1 Å². The Morgan fingerprint density at radius 2 is 2.12 bits per heavy atom. The summed E-state index contributed by atoms with van der Waals surface area (Å²) in [4.78, 5) is 19.0. The largest absolute Gasteiger partial charge is 0.368 e. The van der Waals surface area contributed by atoms with Gasteiger partial charge in [0.25, 0.3) is 12.0 Å². The number of aromatic amines is 1. The average Bonchev–Trinajstić information content (AvgIpc) is 3.08. The fourth-order valence-electron chi connectivity index (χ4n) is 3.06. The summed E-state index contributed by atoms with van der Waals surface area (Å²) in [5, 5.41) is 4.03. The highest BCUT2D eigenvalue weighted by molar-refractivity contribution is 5.87. The van der Waals surface area contributed by atoms with Crippen LogP contribution in [0.2, 0.25) is 0 Å². The molecule has 0 aliphatic heterocycles. The number of alkyl halides is 2. The van der Waals surface area contributed by atoms with Gasteiger partial charge in [-0.25, -0.2) is 18.3 Å². The minimum absolute atomic E-state index is 0.0146. The molecule has 7 nitrogen and oxygen atoms in total. The molecule has 0 aliphatic rings. The van der Waals surface area contributed by atoms with E-state index in [-0.39, 0.29) is 11.5 Å². The molecule has 0 radical (unpaired) electrons. The molecular formula is C16H14F2N6O. The smallest absolute Gasteiger partial charge is 0.277 e. The number of nitrogen functional groups attached to an aromatic ring is 1. The summed E-state index contributed by atoms with van der Waals surface area (Å²) in [5.74, 6) is 0.530. The molecule has 9 heteroatoms. The van der Waals surface area contributed by atoms with E-state index in [1.54, 1.807) is 37.4 Å². The van der Waals surface area contributed by atoms with Crippen LogP contribution in [0.3, 0.4) is 0 Å². The fourth-order valence-corrected chi connectivity index (χ4v) is 3.06. The van der Waals surface area contributed by atoms with Gasteiger partial charge >= 0.3 is 0 Å². The summed E-state index contributed by atoms with van der Waals surface area (Å²) in [6.07, 6.45) is -0.854. The lowest BCUT2D eigenvalue weighted by Crippen LogP contribution is -2.15. The van der Waals surface area contributed by atoms with Crippen molar-refractivity contribution in [2.75, 3.05) is 5.73 Å². The highest BCUT2D eigenvalue weighted by atomic mass is 19.3. The van der Waals surface area contributed by atoms with Gasteiger partial charge in [0.2, 0.25) is 5.95 Å². The van der Waals surface area contributed by atoms with Gasteiger partial charge < -0.3 is 10.3 Å². The van der Waals surface area contributed by atoms with Crippen molar-refractivity contribution in [2.45, 2.75) is 19.9 Å². The lowest BCUT2D eigenvalue weighted by molar-refractivity contribution is 0.127. The monoisotopic (exact) mass is 344 g/mol. The quantitative estimate of drug-likeness (QED) is 0.596. The number of H-pyrrole nitrogens is 1. The number of benzene rings is 1. The molecule has 0 unspecified atom stereocenters. The van der Waals surface area contributed by atoms with Crippen LogP contribution in [0.25, 0.3) is 27.7 Å². The van der Waals surface area contributed by atoms with Gasteiger partial charge in [0.1, 0.15) is 11.3 Å². The zero-order chi connectivity index (χ0) is 17.7. The van der Waals surface area contributed by atoms with E-state index in [4.69, 9.17) is 5.73 Å². The minimum atomic E-state index is -2.48. The number of halogens is 2. The second-order valence-corrected chi connectivity index (χ2v) is 5.73. The van der Waals surface area contributed by atoms with Crippen molar-refractivity contribution in [2.24, 2.45) is 0 Å². The molecule has 1 aromatic carbocycles. The van der Waals surface area contributed by atoms with Gasteiger partial charge in [-0.05, 0) is 30.7 Å². The number of fused-ring (bicyclic) bond motifs is 2. The van der Waals surface area contributed by atoms with Gasteiger partial charge in [0.15, 0.2) is 0 Å². The summed E-state index contributed by atoms with van der Waals surface area (Å²) >= 11 is 0. The zero-order valence-electron chi connectivity index (χ0n) is 13.2. The maximum atomic E-state index is 12.9. The molecule has 0 amide bonds. The lowest BCUT2D eigenvalue weighted by Gasteiger charge is -2.07. The summed E-state index contributed by atoms with van der Waals surface area (Å²) in [6, 6.07) is 7.04. The van der Waals surface area contributed by atoms with Crippen LogP contribution in [0, 0.1) is 6.92 Å². The Hall–Kier alpha value is -3.23. The van der Waals surface area contributed by atoms with Crippen molar-refractivity contribution in [3.8, 4) is 11.1 Å². The Balaban J connectivity index is 1.95. The third-order valence-corrected chi connectivity index (χ3v) is 4.11. The number of hydrogen-bond donors (Lipinski definition) is 2. The first-order valence-electron chi connectivity index (χ1n) is 7.56. The average molecular weight is 344 g/mol. The van der Waals surface area contributed by atoms with Crippen molar-refractivity contribution in [3.63, 3.8) is 0 Å². The van der Waals surface area contributed by atoms with E-state index < -0.39 is 13.0 Å². The molecule has 0 bridgehead atoms. The number of nitrogens with two attached hydrogens (primary N) is 1. The number of rotatable bonds is 3. The van der Waals surface area contributed by atoms with Gasteiger partial charge in [0.05, 0.1) is 17.6 Å². The van der Waals surface area contributed by atoms with E-state index in [9.17, 15) is 13.6 Å². The number of aromatic nitrogens is 5. The van der Waals surface area contributed by atoms with Gasteiger partial charge in [-0.1, -0.05) is 6.07 Å². The minimum Gasteiger partial charge on any atom is -0.368 e. The van der Waals surface area contributed by atoms with Crippen LogP contribution in [-0.2, 0) is 6.54 Å². The molecule has 0 fully saturated rings. The van der Waals surface area contributed by atoms with Crippen molar-refractivity contribution < 1.29 is 8.78 Å². The lowest BCUT2D eigenvalue weighted by atomic mass is 10.1. The van der Waals surface area contributed by atoms with Crippen LogP contribution in [-0.4, -0.2) is 30.6 Å². The van der Waals surface area contributed by atoms with Gasteiger partial charge in [-0.15, -0.1) is 5.10 Å². The number of nitrogens with zero attached hydrogens (tertiary/aromatic N) is 4. The van der Waals surface area contributed by atoms with Crippen LogP contribution >= 0.6 is 0 Å². The Morgan fingerprint density at radius 3 is 2.88 bits per heavy atom. The molecule has 3 aromatic heterocycles. The zero-order valence-corrected chi connectivity index (χ0v) is 13.2. The molecule has 3 N–H and O–H groups in total. The Bertz CT molecular complexity index is 1160. The number of aryl methyl sites for hydroxylation is 1. The Morgan fingerprint density at radius 1 is 1.32 bits per heavy atom. The molecule has 0 saturated carbocycles. The molecule has 128 valence electrons. The second kappa shape index (κ2) is 5.40. The van der Waals surface area contributed by atoms with Crippen LogP contribution in [0.4, 0.5) is 14.7 Å². The van der Waals surface area contributed by atoms with Gasteiger partial charge in [0, 0.05) is 11.8 Å². The third kappa shape index (κ3) is 2.44. The maximum Gasteiger partial charge on any atom is 0.277 e. The first-order chi connectivity index (χ1) is 11.9. The standard InChI is InChI=1S/C16H14F2N6O/c1-8-20-11-3-2-9(6-12(11)23(8)7-13(17)18)10-4-5-24-14(10)15(25)21-16(19)22-24/h2-6,13H,7H2,1H3,(H3,19,21,22,25). The predicted octanol–water partition coefficient (Wildman–Crippen LogP) is 2.20. The molecule has 0 saturated heterocycles. The topological polar surface area (TPSA) is 94.0 Å². The molecule has 0 aliphatic carbocycles. The first-order valence-corrected chi connectivity index (χ1v) is 7.56. The Kier molecular flexibility index (Phi) is 3.31. The SMILES string of the molecule is Cc1nc2ccc(-c3ccn4nc(N)[nH]c(=O)c34)cc2n1CC(F)F. The van der Waals surface area contributed by atoms with Gasteiger partial charge in [-0.3, -0.25) is 9.78 Å². The van der Waals surface area contributed by atoms with E-state index in [0.717, 1.165) is 0 Å². The van der Waals surface area contributed by atoms with Crippen molar-refractivity contribution in [3.05, 3.63) is 46.6 Å². The normalized spacial score (nSPS) is 11.8. The van der Waals surface area contributed by atoms with Gasteiger partial charge in [-0.2, -0.15) is 0 Å². The van der Waals surface area contributed by atoms with Crippen LogP contribution in [0.15, 0.2) is 35.3 Å². The van der Waals surface area contributed by atoms with Crippen molar-refractivity contribution >= 4 is 22.5 Å². The summed E-state index contributed by atoms with van der Waals surface area (Å²) in [6.45, 7) is 1.26. The molecular weight excluding hydrogens is 330 g/mol. The number of nitrogens with one attached hydrogen (secondary N) is 1. The highest BCUT2D eigenvalue weighted by Gasteiger charge is 2.15. The number of imidazole rings is 1. The predicted molar refractivity (Wildman–Crippen MR) is 89.7 cm³/mol. The van der Waals surface area contributed by atoms with Crippen LogP contribution in [0.1, 0.15) is 5.82 Å². The van der Waals surface area contributed by atoms with E-state index >= 15 is 0 Å². The van der Waals surface area contributed by atoms with E-state index in [1.165, 1.54) is 9.08 Å². The van der Waals surface area contributed by atoms with Crippen LogP contribution in [0.5, 0.6) is 0 Å². The fraction of sp³-hybridized carbons (Fsp3) is 0.188. The Labute approximate surface area is 139 Å². The summed E-state index contributed by atoms with van der Waals surface area (Å²) in [7, 11) is 0. The summed E-state index contributed by atoms with van der Waals surface area (Å²) < 4.78 is 28.6.